The van der Waals surface area contributed by atoms with Crippen LogP contribution in [0.4, 0.5) is 0 Å². The Morgan fingerprint density at radius 3 is 3.00 bits per heavy atom. The predicted octanol–water partition coefficient (Wildman–Crippen LogP) is 2.41. The molecule has 0 saturated carbocycles. The molecule has 3 atom stereocenters. The van der Waals surface area contributed by atoms with Crippen molar-refractivity contribution in [3.8, 4) is 5.75 Å². The first kappa shape index (κ1) is 15.7. The van der Waals surface area contributed by atoms with Gasteiger partial charge in [0.05, 0.1) is 12.8 Å². The SMILES string of the molecule is COc1cccc2c1CC[C@@H](N[C@H]1CCO[C@@H]1c1ccnn1C)C2. The average molecular weight is 327 g/mol. The molecule has 0 radical (unpaired) electrons. The van der Waals surface area contributed by atoms with Gasteiger partial charge in [0, 0.05) is 31.9 Å². The van der Waals surface area contributed by atoms with Crippen LogP contribution in [0.2, 0.25) is 0 Å². The monoisotopic (exact) mass is 327 g/mol. The number of hydrogen-bond donors (Lipinski definition) is 1. The summed E-state index contributed by atoms with van der Waals surface area (Å²) >= 11 is 0. The Bertz CT molecular complexity index is 712. The zero-order valence-electron chi connectivity index (χ0n) is 14.4. The minimum absolute atomic E-state index is 0.101. The average Bonchev–Trinajstić information content (AvgIpc) is 3.22. The molecule has 0 amide bonds. The second kappa shape index (κ2) is 6.57. The molecule has 1 fully saturated rings. The van der Waals surface area contributed by atoms with Crippen LogP contribution in [0.25, 0.3) is 0 Å². The summed E-state index contributed by atoms with van der Waals surface area (Å²) in [5.41, 5.74) is 3.95. The van der Waals surface area contributed by atoms with Crippen LogP contribution in [0.1, 0.15) is 35.8 Å². The molecule has 0 unspecified atom stereocenters. The van der Waals surface area contributed by atoms with Gasteiger partial charge in [-0.1, -0.05) is 12.1 Å². The van der Waals surface area contributed by atoms with E-state index in [4.69, 9.17) is 9.47 Å². The Hall–Kier alpha value is -1.85. The molecule has 1 aliphatic carbocycles. The number of aryl methyl sites for hydroxylation is 1. The van der Waals surface area contributed by atoms with Crippen LogP contribution in [-0.4, -0.2) is 35.6 Å². The predicted molar refractivity (Wildman–Crippen MR) is 92.2 cm³/mol. The molecule has 24 heavy (non-hydrogen) atoms. The summed E-state index contributed by atoms with van der Waals surface area (Å²) in [6, 6.07) is 9.30. The molecule has 5 heteroatoms. The molecular weight excluding hydrogens is 302 g/mol. The van der Waals surface area contributed by atoms with Crippen LogP contribution >= 0.6 is 0 Å². The maximum atomic E-state index is 5.99. The highest BCUT2D eigenvalue weighted by molar-refractivity contribution is 5.42. The second-order valence-electron chi connectivity index (χ2n) is 6.77. The summed E-state index contributed by atoms with van der Waals surface area (Å²) in [5, 5.41) is 8.14. The maximum absolute atomic E-state index is 5.99. The number of nitrogens with one attached hydrogen (secondary N) is 1. The van der Waals surface area contributed by atoms with E-state index >= 15 is 0 Å². The van der Waals surface area contributed by atoms with Crippen LogP contribution in [0.15, 0.2) is 30.5 Å². The molecule has 1 N–H and O–H groups in total. The first-order chi connectivity index (χ1) is 11.8. The highest BCUT2D eigenvalue weighted by Gasteiger charge is 2.34. The van der Waals surface area contributed by atoms with Crippen molar-refractivity contribution in [2.45, 2.75) is 43.9 Å². The fraction of sp³-hybridized carbons (Fsp3) is 0.526. The van der Waals surface area contributed by atoms with Crippen molar-refractivity contribution < 1.29 is 9.47 Å². The molecule has 1 aliphatic heterocycles. The van der Waals surface area contributed by atoms with E-state index in [0.717, 1.165) is 43.7 Å². The van der Waals surface area contributed by atoms with Crippen LogP contribution in [0.3, 0.4) is 0 Å². The first-order valence-corrected chi connectivity index (χ1v) is 8.76. The van der Waals surface area contributed by atoms with Crippen molar-refractivity contribution in [3.05, 3.63) is 47.3 Å². The summed E-state index contributed by atoms with van der Waals surface area (Å²) in [4.78, 5) is 0. The third-order valence-corrected chi connectivity index (χ3v) is 5.35. The number of aromatic nitrogens is 2. The quantitative estimate of drug-likeness (QED) is 0.937. The van der Waals surface area contributed by atoms with Crippen molar-refractivity contribution >= 4 is 0 Å². The molecule has 2 heterocycles. The lowest BCUT2D eigenvalue weighted by atomic mass is 9.87. The Balaban J connectivity index is 1.47. The van der Waals surface area contributed by atoms with E-state index in [2.05, 4.69) is 34.7 Å². The normalized spacial score (nSPS) is 26.3. The molecule has 1 aromatic carbocycles. The van der Waals surface area contributed by atoms with Crippen LogP contribution < -0.4 is 10.1 Å². The van der Waals surface area contributed by atoms with Gasteiger partial charge in [-0.05, 0) is 48.9 Å². The number of fused-ring (bicyclic) bond motifs is 1. The standard InChI is InChI=1S/C19H25N3O2/c1-22-17(8-10-20-22)19-16(9-11-24-19)21-14-6-7-15-13(12-14)4-3-5-18(15)23-2/h3-5,8,10,14,16,19,21H,6-7,9,11-12H2,1-2H3/t14-,16+,19+/m1/s1. The number of ether oxygens (including phenoxy) is 2. The minimum Gasteiger partial charge on any atom is -0.496 e. The highest BCUT2D eigenvalue weighted by Crippen LogP contribution is 2.32. The lowest BCUT2D eigenvalue weighted by Gasteiger charge is -2.30. The van der Waals surface area contributed by atoms with Gasteiger partial charge >= 0.3 is 0 Å². The Morgan fingerprint density at radius 1 is 1.29 bits per heavy atom. The van der Waals surface area contributed by atoms with Gasteiger partial charge in [-0.3, -0.25) is 4.68 Å². The fourth-order valence-electron chi connectivity index (χ4n) is 4.12. The van der Waals surface area contributed by atoms with Gasteiger partial charge < -0.3 is 14.8 Å². The topological polar surface area (TPSA) is 48.3 Å². The molecule has 2 aromatic rings. The van der Waals surface area contributed by atoms with Crippen molar-refractivity contribution in [1.82, 2.24) is 15.1 Å². The molecular formula is C19H25N3O2. The molecule has 2 aliphatic rings. The summed E-state index contributed by atoms with van der Waals surface area (Å²) in [7, 11) is 3.74. The van der Waals surface area contributed by atoms with E-state index in [-0.39, 0.29) is 6.10 Å². The molecule has 4 rings (SSSR count). The van der Waals surface area contributed by atoms with Crippen molar-refractivity contribution in [3.63, 3.8) is 0 Å². The summed E-state index contributed by atoms with van der Waals surface area (Å²) in [5.74, 6) is 1.03. The first-order valence-electron chi connectivity index (χ1n) is 8.76. The van der Waals surface area contributed by atoms with Crippen LogP contribution in [-0.2, 0) is 24.6 Å². The molecule has 128 valence electrons. The van der Waals surface area contributed by atoms with E-state index in [1.165, 1.54) is 11.1 Å². The third-order valence-electron chi connectivity index (χ3n) is 5.35. The van der Waals surface area contributed by atoms with Crippen molar-refractivity contribution in [2.24, 2.45) is 7.05 Å². The van der Waals surface area contributed by atoms with Gasteiger partial charge in [-0.2, -0.15) is 5.10 Å². The minimum atomic E-state index is 0.101. The lowest BCUT2D eigenvalue weighted by Crippen LogP contribution is -2.43. The van der Waals surface area contributed by atoms with Crippen molar-refractivity contribution in [1.29, 1.82) is 0 Å². The highest BCUT2D eigenvalue weighted by atomic mass is 16.5. The Morgan fingerprint density at radius 2 is 2.21 bits per heavy atom. The van der Waals surface area contributed by atoms with Gasteiger partial charge in [0.1, 0.15) is 11.9 Å². The lowest BCUT2D eigenvalue weighted by molar-refractivity contribution is 0.0893. The number of hydrogen-bond acceptors (Lipinski definition) is 4. The maximum Gasteiger partial charge on any atom is 0.122 e. The van der Waals surface area contributed by atoms with E-state index in [1.54, 1.807) is 7.11 Å². The summed E-state index contributed by atoms with van der Waals surface area (Å²) in [6.45, 7) is 0.810. The van der Waals surface area contributed by atoms with E-state index in [0.29, 0.717) is 12.1 Å². The van der Waals surface area contributed by atoms with Gasteiger partial charge in [-0.25, -0.2) is 0 Å². The van der Waals surface area contributed by atoms with Gasteiger partial charge in [0.2, 0.25) is 0 Å². The summed E-state index contributed by atoms with van der Waals surface area (Å²) in [6.07, 6.45) is 6.27. The number of nitrogens with zero attached hydrogens (tertiary/aromatic N) is 2. The number of methoxy groups -OCH3 is 1. The largest absolute Gasteiger partial charge is 0.496 e. The molecule has 1 saturated heterocycles. The Kier molecular flexibility index (Phi) is 4.29. The second-order valence-corrected chi connectivity index (χ2v) is 6.77. The van der Waals surface area contributed by atoms with Gasteiger partial charge in [0.15, 0.2) is 0 Å². The molecule has 0 spiro atoms. The number of rotatable bonds is 4. The molecule has 0 bridgehead atoms. The van der Waals surface area contributed by atoms with Gasteiger partial charge in [0.25, 0.3) is 0 Å². The van der Waals surface area contributed by atoms with Gasteiger partial charge in [-0.15, -0.1) is 0 Å². The van der Waals surface area contributed by atoms with Crippen LogP contribution in [0, 0.1) is 0 Å². The van der Waals surface area contributed by atoms with Crippen molar-refractivity contribution in [2.75, 3.05) is 13.7 Å². The third kappa shape index (κ3) is 2.82. The molecule has 1 aromatic heterocycles. The van der Waals surface area contributed by atoms with E-state index in [1.807, 2.05) is 17.9 Å². The fourth-order valence-corrected chi connectivity index (χ4v) is 4.12. The smallest absolute Gasteiger partial charge is 0.122 e. The zero-order valence-corrected chi connectivity index (χ0v) is 14.4. The number of benzene rings is 1. The van der Waals surface area contributed by atoms with E-state index < -0.39 is 0 Å². The van der Waals surface area contributed by atoms with Crippen LogP contribution in [0.5, 0.6) is 5.75 Å². The van der Waals surface area contributed by atoms with E-state index in [9.17, 15) is 0 Å². The zero-order chi connectivity index (χ0) is 16.5. The summed E-state index contributed by atoms with van der Waals surface area (Å²) < 4.78 is 13.4. The molecule has 5 nitrogen and oxygen atoms in total. The Labute approximate surface area is 143 Å².